The molecular weight excluding hydrogens is 294 g/mol. The van der Waals surface area contributed by atoms with Crippen LogP contribution in [-0.4, -0.2) is 49.7 Å². The second-order valence-electron chi connectivity index (χ2n) is 5.43. The van der Waals surface area contributed by atoms with Crippen LogP contribution in [0.25, 0.3) is 0 Å². The third-order valence-corrected chi connectivity index (χ3v) is 4.28. The molecule has 0 aromatic heterocycles. The average molecular weight is 313 g/mol. The Kier molecular flexibility index (Phi) is 4.50. The van der Waals surface area contributed by atoms with Crippen LogP contribution in [0.1, 0.15) is 26.2 Å². The first kappa shape index (κ1) is 16.4. The van der Waals surface area contributed by atoms with Gasteiger partial charge in [-0.15, -0.1) is 0 Å². The summed E-state index contributed by atoms with van der Waals surface area (Å²) in [5.74, 6) is -5.70. The summed E-state index contributed by atoms with van der Waals surface area (Å²) in [6.07, 6.45) is 2.15. The number of fused-ring (bicyclic) bond motifs is 1. The third-order valence-electron chi connectivity index (χ3n) is 4.28. The van der Waals surface area contributed by atoms with E-state index < -0.39 is 47.3 Å². The van der Waals surface area contributed by atoms with Crippen LogP contribution in [0.15, 0.2) is 0 Å². The van der Waals surface area contributed by atoms with Crippen molar-refractivity contribution in [2.24, 2.45) is 11.8 Å². The lowest BCUT2D eigenvalue weighted by molar-refractivity contribution is -0.170. The molecule has 0 aliphatic carbocycles. The zero-order valence-corrected chi connectivity index (χ0v) is 12.7. The minimum absolute atomic E-state index is 0.524. The van der Waals surface area contributed by atoms with Gasteiger partial charge < -0.3 is 14.2 Å². The number of carbonyl (C=O) groups is 4. The number of esters is 4. The lowest BCUT2D eigenvalue weighted by atomic mass is 9.79. The van der Waals surface area contributed by atoms with Crippen molar-refractivity contribution in [3.8, 4) is 0 Å². The zero-order valence-electron chi connectivity index (χ0n) is 12.7. The van der Waals surface area contributed by atoms with Gasteiger partial charge in [-0.1, -0.05) is 19.8 Å². The summed E-state index contributed by atoms with van der Waals surface area (Å²) in [5, 5.41) is 2.83. The standard InChI is InChI=1S/C14H19NO7/c1-4-5-6-7-8-9(11(17)22-10(8)16)14(15-7,12(18)20-2)13(19)21-3/h7-9,15H,4-6H2,1-3H3/t7-,8+,9-/m1/s1. The maximum Gasteiger partial charge on any atom is 0.338 e. The molecule has 0 aromatic carbocycles. The Morgan fingerprint density at radius 1 is 1.18 bits per heavy atom. The SMILES string of the molecule is CCCC[C@H]1NC(C(=O)OC)(C(=O)OC)[C@H]2C(=O)OC(=O)[C@@H]12. The van der Waals surface area contributed by atoms with E-state index in [9.17, 15) is 19.2 Å². The Balaban J connectivity index is 2.49. The number of unbranched alkanes of at least 4 members (excludes halogenated alkanes) is 1. The number of hydrogen-bond donors (Lipinski definition) is 1. The lowest BCUT2D eigenvalue weighted by Gasteiger charge is -2.27. The molecule has 2 saturated heterocycles. The Bertz CT molecular complexity index is 499. The molecule has 2 fully saturated rings. The molecule has 0 radical (unpaired) electrons. The molecule has 2 rings (SSSR count). The van der Waals surface area contributed by atoms with Crippen LogP contribution in [0.2, 0.25) is 0 Å². The van der Waals surface area contributed by atoms with Gasteiger partial charge in [-0.05, 0) is 6.42 Å². The minimum Gasteiger partial charge on any atom is -0.467 e. The molecule has 2 heterocycles. The molecule has 2 aliphatic rings. The molecule has 3 atom stereocenters. The highest BCUT2D eigenvalue weighted by Gasteiger charge is 2.72. The van der Waals surface area contributed by atoms with E-state index in [-0.39, 0.29) is 0 Å². The van der Waals surface area contributed by atoms with E-state index in [1.807, 2.05) is 6.92 Å². The highest BCUT2D eigenvalue weighted by atomic mass is 16.6. The minimum atomic E-state index is -2.03. The lowest BCUT2D eigenvalue weighted by Crippen LogP contribution is -2.62. The van der Waals surface area contributed by atoms with E-state index >= 15 is 0 Å². The summed E-state index contributed by atoms with van der Waals surface area (Å²) < 4.78 is 14.0. The zero-order chi connectivity index (χ0) is 16.5. The second-order valence-corrected chi connectivity index (χ2v) is 5.43. The Labute approximate surface area is 127 Å². The van der Waals surface area contributed by atoms with Crippen LogP contribution in [0.3, 0.4) is 0 Å². The molecule has 0 aromatic rings. The molecule has 22 heavy (non-hydrogen) atoms. The van der Waals surface area contributed by atoms with Gasteiger partial charge in [0.1, 0.15) is 5.92 Å². The number of methoxy groups -OCH3 is 2. The maximum atomic E-state index is 12.2. The van der Waals surface area contributed by atoms with Gasteiger partial charge in [-0.2, -0.15) is 0 Å². The van der Waals surface area contributed by atoms with Crippen molar-refractivity contribution >= 4 is 23.9 Å². The molecule has 0 bridgehead atoms. The predicted molar refractivity (Wildman–Crippen MR) is 71.3 cm³/mol. The number of cyclic esters (lactones) is 2. The smallest absolute Gasteiger partial charge is 0.338 e. The highest BCUT2D eigenvalue weighted by molar-refractivity contribution is 6.13. The summed E-state index contributed by atoms with van der Waals surface area (Å²) >= 11 is 0. The van der Waals surface area contributed by atoms with Crippen molar-refractivity contribution in [1.82, 2.24) is 5.32 Å². The van der Waals surface area contributed by atoms with E-state index in [1.54, 1.807) is 0 Å². The van der Waals surface area contributed by atoms with E-state index in [4.69, 9.17) is 0 Å². The molecule has 0 saturated carbocycles. The quantitative estimate of drug-likeness (QED) is 0.413. The molecule has 0 spiro atoms. The number of rotatable bonds is 5. The van der Waals surface area contributed by atoms with Crippen molar-refractivity contribution in [3.63, 3.8) is 0 Å². The normalized spacial score (nSPS) is 29.0. The van der Waals surface area contributed by atoms with Gasteiger partial charge in [0.25, 0.3) is 0 Å². The largest absolute Gasteiger partial charge is 0.467 e. The fourth-order valence-electron chi connectivity index (χ4n) is 3.28. The van der Waals surface area contributed by atoms with Crippen LogP contribution >= 0.6 is 0 Å². The Morgan fingerprint density at radius 2 is 1.77 bits per heavy atom. The molecule has 122 valence electrons. The van der Waals surface area contributed by atoms with Gasteiger partial charge in [-0.25, -0.2) is 9.59 Å². The van der Waals surface area contributed by atoms with Gasteiger partial charge in [0.15, 0.2) is 0 Å². The molecule has 8 heteroatoms. The van der Waals surface area contributed by atoms with Crippen molar-refractivity contribution in [2.75, 3.05) is 14.2 Å². The maximum absolute atomic E-state index is 12.2. The van der Waals surface area contributed by atoms with Gasteiger partial charge in [-0.3, -0.25) is 14.9 Å². The van der Waals surface area contributed by atoms with Crippen molar-refractivity contribution in [3.05, 3.63) is 0 Å². The van der Waals surface area contributed by atoms with Crippen LogP contribution in [0, 0.1) is 11.8 Å². The first-order chi connectivity index (χ1) is 10.4. The summed E-state index contributed by atoms with van der Waals surface area (Å²) in [7, 11) is 2.20. The Hall–Kier alpha value is -1.96. The summed E-state index contributed by atoms with van der Waals surface area (Å²) in [5.41, 5.74) is -2.03. The highest BCUT2D eigenvalue weighted by Crippen LogP contribution is 2.44. The van der Waals surface area contributed by atoms with Crippen molar-refractivity contribution < 1.29 is 33.4 Å². The van der Waals surface area contributed by atoms with Crippen molar-refractivity contribution in [1.29, 1.82) is 0 Å². The van der Waals surface area contributed by atoms with Crippen LogP contribution in [0.4, 0.5) is 0 Å². The predicted octanol–water partition coefficient (Wildman–Crippen LogP) is -0.451. The van der Waals surface area contributed by atoms with Gasteiger partial charge >= 0.3 is 23.9 Å². The van der Waals surface area contributed by atoms with E-state index in [0.717, 1.165) is 27.1 Å². The first-order valence-corrected chi connectivity index (χ1v) is 7.14. The molecular formula is C14H19NO7. The first-order valence-electron chi connectivity index (χ1n) is 7.14. The summed E-state index contributed by atoms with van der Waals surface area (Å²) in [6, 6.07) is -0.526. The Morgan fingerprint density at radius 3 is 2.27 bits per heavy atom. The number of carbonyl (C=O) groups excluding carboxylic acids is 4. The summed E-state index contributed by atoms with van der Waals surface area (Å²) in [6.45, 7) is 1.97. The van der Waals surface area contributed by atoms with Crippen LogP contribution < -0.4 is 5.32 Å². The fraction of sp³-hybridized carbons (Fsp3) is 0.714. The van der Waals surface area contributed by atoms with Crippen LogP contribution in [0.5, 0.6) is 0 Å². The molecule has 2 aliphatic heterocycles. The number of hydrogen-bond acceptors (Lipinski definition) is 8. The second kappa shape index (κ2) is 6.04. The molecule has 1 N–H and O–H groups in total. The third kappa shape index (κ3) is 2.18. The van der Waals surface area contributed by atoms with E-state index in [2.05, 4.69) is 19.5 Å². The van der Waals surface area contributed by atoms with Gasteiger partial charge in [0.2, 0.25) is 5.54 Å². The number of nitrogens with one attached hydrogen (secondary N) is 1. The average Bonchev–Trinajstić information content (AvgIpc) is 3.01. The van der Waals surface area contributed by atoms with Crippen LogP contribution in [-0.2, 0) is 33.4 Å². The van der Waals surface area contributed by atoms with Gasteiger partial charge in [0.05, 0.1) is 20.1 Å². The fourth-order valence-corrected chi connectivity index (χ4v) is 3.28. The van der Waals surface area contributed by atoms with E-state index in [1.165, 1.54) is 0 Å². The molecule has 0 unspecified atom stereocenters. The van der Waals surface area contributed by atoms with E-state index in [0.29, 0.717) is 6.42 Å². The van der Waals surface area contributed by atoms with Crippen molar-refractivity contribution in [2.45, 2.75) is 37.8 Å². The van der Waals surface area contributed by atoms with Gasteiger partial charge in [0, 0.05) is 6.04 Å². The monoisotopic (exact) mass is 313 g/mol. The topological polar surface area (TPSA) is 108 Å². The molecule has 0 amide bonds. The summed E-state index contributed by atoms with van der Waals surface area (Å²) in [4.78, 5) is 48.5. The molecule has 8 nitrogen and oxygen atoms in total. The number of ether oxygens (including phenoxy) is 3.